The number of aromatic nitrogens is 3. The Kier molecular flexibility index (Phi) is 4.27. The van der Waals surface area contributed by atoms with Crippen molar-refractivity contribution in [3.05, 3.63) is 72.1 Å². The van der Waals surface area contributed by atoms with Gasteiger partial charge >= 0.3 is 6.03 Å². The van der Waals surface area contributed by atoms with Gasteiger partial charge in [-0.2, -0.15) is 0 Å². The van der Waals surface area contributed by atoms with E-state index >= 15 is 0 Å². The fourth-order valence-electron chi connectivity index (χ4n) is 3.31. The summed E-state index contributed by atoms with van der Waals surface area (Å²) in [6.07, 6.45) is 5.87. The van der Waals surface area contributed by atoms with E-state index in [1.807, 2.05) is 36.4 Å². The van der Waals surface area contributed by atoms with E-state index < -0.39 is 0 Å². The first-order valence-electron chi connectivity index (χ1n) is 8.40. The summed E-state index contributed by atoms with van der Waals surface area (Å²) in [6, 6.07) is 10.7. The number of imidazole rings is 1. The van der Waals surface area contributed by atoms with E-state index in [4.69, 9.17) is 4.74 Å². The lowest BCUT2D eigenvalue weighted by Crippen LogP contribution is -2.43. The van der Waals surface area contributed by atoms with Gasteiger partial charge in [0, 0.05) is 31.1 Å². The van der Waals surface area contributed by atoms with Gasteiger partial charge in [0.1, 0.15) is 11.8 Å². The van der Waals surface area contributed by atoms with Crippen molar-refractivity contribution in [1.29, 1.82) is 0 Å². The molecular weight excluding hydrogens is 330 g/mol. The van der Waals surface area contributed by atoms with Gasteiger partial charge in [-0.15, -0.1) is 0 Å². The van der Waals surface area contributed by atoms with Crippen LogP contribution < -0.4 is 10.1 Å². The molecule has 3 aromatic rings. The van der Waals surface area contributed by atoms with E-state index in [1.165, 1.54) is 0 Å². The molecule has 0 bridgehead atoms. The molecule has 0 spiro atoms. The fraction of sp³-hybridized carbons (Fsp3) is 0.211. The minimum Gasteiger partial charge on any atom is -0.495 e. The van der Waals surface area contributed by atoms with E-state index in [2.05, 4.69) is 20.3 Å². The van der Waals surface area contributed by atoms with Crippen molar-refractivity contribution in [3.8, 4) is 5.75 Å². The van der Waals surface area contributed by atoms with Gasteiger partial charge in [-0.25, -0.2) is 9.78 Å². The van der Waals surface area contributed by atoms with Crippen molar-refractivity contribution in [2.24, 2.45) is 0 Å². The molecule has 7 heteroatoms. The second-order valence-corrected chi connectivity index (χ2v) is 6.02. The Hall–Kier alpha value is -3.35. The highest BCUT2D eigenvalue weighted by molar-refractivity contribution is 5.91. The maximum absolute atomic E-state index is 13.1. The predicted octanol–water partition coefficient (Wildman–Crippen LogP) is 2.99. The first-order valence-corrected chi connectivity index (χ1v) is 8.40. The first kappa shape index (κ1) is 16.1. The Balaban J connectivity index is 1.67. The van der Waals surface area contributed by atoms with Gasteiger partial charge in [0.25, 0.3) is 0 Å². The molecule has 1 atom stereocenters. The van der Waals surface area contributed by atoms with Crippen LogP contribution in [-0.4, -0.2) is 39.5 Å². The van der Waals surface area contributed by atoms with Crippen LogP contribution in [0.4, 0.5) is 10.5 Å². The number of carbonyl (C=O) groups excluding carboxylic acids is 1. The second-order valence-electron chi connectivity index (χ2n) is 6.02. The summed E-state index contributed by atoms with van der Waals surface area (Å²) in [4.78, 5) is 26.6. The summed E-state index contributed by atoms with van der Waals surface area (Å²) in [6.45, 7) is 0.586. The van der Waals surface area contributed by atoms with Crippen LogP contribution in [0.1, 0.15) is 23.0 Å². The summed E-state index contributed by atoms with van der Waals surface area (Å²) in [5, 5.41) is 2.96. The number of anilines is 1. The third-order valence-electron chi connectivity index (χ3n) is 4.56. The predicted molar refractivity (Wildman–Crippen MR) is 97.1 cm³/mol. The quantitative estimate of drug-likeness (QED) is 0.761. The van der Waals surface area contributed by atoms with Gasteiger partial charge < -0.3 is 19.9 Å². The van der Waals surface area contributed by atoms with Crippen molar-refractivity contribution in [1.82, 2.24) is 19.9 Å². The topological polar surface area (TPSA) is 83.1 Å². The maximum atomic E-state index is 13.1. The Labute approximate surface area is 151 Å². The van der Waals surface area contributed by atoms with Crippen molar-refractivity contribution in [2.75, 3.05) is 19.0 Å². The number of H-pyrrole nitrogens is 1. The minimum absolute atomic E-state index is 0.190. The highest BCUT2D eigenvalue weighted by Crippen LogP contribution is 2.34. The van der Waals surface area contributed by atoms with E-state index in [1.54, 1.807) is 30.7 Å². The lowest BCUT2D eigenvalue weighted by molar-refractivity contribution is 0.192. The van der Waals surface area contributed by atoms with E-state index in [9.17, 15) is 4.79 Å². The zero-order valence-corrected chi connectivity index (χ0v) is 14.3. The van der Waals surface area contributed by atoms with E-state index in [0.29, 0.717) is 18.0 Å². The molecule has 1 aromatic carbocycles. The number of amides is 2. The van der Waals surface area contributed by atoms with Crippen LogP contribution >= 0.6 is 0 Å². The van der Waals surface area contributed by atoms with Crippen molar-refractivity contribution < 1.29 is 9.53 Å². The summed E-state index contributed by atoms with van der Waals surface area (Å²) in [5.41, 5.74) is 3.55. The number of aromatic amines is 1. The van der Waals surface area contributed by atoms with Crippen LogP contribution in [0.5, 0.6) is 5.75 Å². The lowest BCUT2D eigenvalue weighted by Gasteiger charge is -2.35. The van der Waals surface area contributed by atoms with Crippen LogP contribution in [0.25, 0.3) is 0 Å². The number of urea groups is 1. The van der Waals surface area contributed by atoms with Gasteiger partial charge in [-0.3, -0.25) is 4.98 Å². The number of methoxy groups -OCH3 is 1. The monoisotopic (exact) mass is 349 g/mol. The number of nitrogens with one attached hydrogen (secondary N) is 2. The highest BCUT2D eigenvalue weighted by Gasteiger charge is 2.34. The standard InChI is InChI=1S/C19H19N5O2/c1-26-16-5-3-2-4-14(16)23-19(25)24-11-8-15-17(22-12-21-15)18(24)13-6-9-20-10-7-13/h2-7,9-10,12,18H,8,11H2,1H3,(H,21,22)(H,23,25)/t18-/m1/s1. The lowest BCUT2D eigenvalue weighted by atomic mass is 9.97. The van der Waals surface area contributed by atoms with E-state index in [0.717, 1.165) is 23.4 Å². The van der Waals surface area contributed by atoms with Gasteiger partial charge in [0.2, 0.25) is 0 Å². The Bertz CT molecular complexity index is 909. The number of para-hydroxylation sites is 2. The van der Waals surface area contributed by atoms with E-state index in [-0.39, 0.29) is 12.1 Å². The summed E-state index contributed by atoms with van der Waals surface area (Å²) in [7, 11) is 1.58. The molecule has 7 nitrogen and oxygen atoms in total. The molecule has 132 valence electrons. The second kappa shape index (κ2) is 6.87. The minimum atomic E-state index is -0.261. The molecule has 0 unspecified atom stereocenters. The SMILES string of the molecule is COc1ccccc1NC(=O)N1CCc2[nH]cnc2[C@H]1c1ccncc1. The average Bonchev–Trinajstić information content (AvgIpc) is 3.17. The zero-order chi connectivity index (χ0) is 17.9. The molecule has 3 heterocycles. The fourth-order valence-corrected chi connectivity index (χ4v) is 3.31. The molecular formula is C19H19N5O2. The molecule has 2 aromatic heterocycles. The molecule has 1 aliphatic rings. The number of fused-ring (bicyclic) bond motifs is 1. The molecule has 0 saturated carbocycles. The molecule has 2 amide bonds. The molecule has 0 radical (unpaired) electrons. The number of hydrogen-bond donors (Lipinski definition) is 2. The normalized spacial score (nSPS) is 16.0. The zero-order valence-electron chi connectivity index (χ0n) is 14.3. The van der Waals surface area contributed by atoms with Crippen LogP contribution in [-0.2, 0) is 6.42 Å². The molecule has 4 rings (SSSR count). The number of nitrogens with zero attached hydrogens (tertiary/aromatic N) is 3. The molecule has 26 heavy (non-hydrogen) atoms. The van der Waals surface area contributed by atoms with Crippen LogP contribution in [0, 0.1) is 0 Å². The Morgan fingerprint density at radius 3 is 2.88 bits per heavy atom. The molecule has 0 saturated heterocycles. The number of hydrogen-bond acceptors (Lipinski definition) is 4. The summed E-state index contributed by atoms with van der Waals surface area (Å²) >= 11 is 0. The Morgan fingerprint density at radius 2 is 2.08 bits per heavy atom. The van der Waals surface area contributed by atoms with Gasteiger partial charge in [-0.05, 0) is 29.8 Å². The third kappa shape index (κ3) is 2.88. The highest BCUT2D eigenvalue weighted by atomic mass is 16.5. The molecule has 0 aliphatic carbocycles. The average molecular weight is 349 g/mol. The molecule has 2 N–H and O–H groups in total. The van der Waals surface area contributed by atoms with Crippen molar-refractivity contribution in [2.45, 2.75) is 12.5 Å². The third-order valence-corrected chi connectivity index (χ3v) is 4.56. The smallest absolute Gasteiger partial charge is 0.322 e. The first-order chi connectivity index (χ1) is 12.8. The number of ether oxygens (including phenoxy) is 1. The van der Waals surface area contributed by atoms with Gasteiger partial charge in [-0.1, -0.05) is 12.1 Å². The summed E-state index contributed by atoms with van der Waals surface area (Å²) in [5.74, 6) is 0.624. The number of benzene rings is 1. The van der Waals surface area contributed by atoms with Crippen LogP contribution in [0.3, 0.4) is 0 Å². The summed E-state index contributed by atoms with van der Waals surface area (Å²) < 4.78 is 5.33. The number of pyridine rings is 1. The largest absolute Gasteiger partial charge is 0.495 e. The van der Waals surface area contributed by atoms with Crippen molar-refractivity contribution >= 4 is 11.7 Å². The van der Waals surface area contributed by atoms with Crippen LogP contribution in [0.15, 0.2) is 55.1 Å². The Morgan fingerprint density at radius 1 is 1.27 bits per heavy atom. The number of rotatable bonds is 3. The molecule has 0 fully saturated rings. The number of carbonyl (C=O) groups is 1. The molecule has 1 aliphatic heterocycles. The van der Waals surface area contributed by atoms with Crippen molar-refractivity contribution in [3.63, 3.8) is 0 Å². The van der Waals surface area contributed by atoms with Gasteiger partial charge in [0.05, 0.1) is 24.8 Å². The van der Waals surface area contributed by atoms with Crippen LogP contribution in [0.2, 0.25) is 0 Å². The van der Waals surface area contributed by atoms with Gasteiger partial charge in [0.15, 0.2) is 0 Å². The maximum Gasteiger partial charge on any atom is 0.322 e.